The first-order chi connectivity index (χ1) is 14.3. The molecule has 0 saturated carbocycles. The van der Waals surface area contributed by atoms with Gasteiger partial charge in [-0.1, -0.05) is 42.5 Å². The van der Waals surface area contributed by atoms with E-state index in [0.717, 1.165) is 12.8 Å². The molecule has 0 radical (unpaired) electrons. The van der Waals surface area contributed by atoms with Crippen molar-refractivity contribution in [1.29, 1.82) is 0 Å². The third-order valence-electron chi connectivity index (χ3n) is 4.72. The maximum absolute atomic E-state index is 12.3. The van der Waals surface area contributed by atoms with Crippen LogP contribution in [0.5, 0.6) is 5.75 Å². The molecule has 0 aliphatic rings. The van der Waals surface area contributed by atoms with Gasteiger partial charge in [-0.15, -0.1) is 0 Å². The summed E-state index contributed by atoms with van der Waals surface area (Å²) in [4.78, 5) is 12.3. The summed E-state index contributed by atoms with van der Waals surface area (Å²) in [5, 5.41) is 3.00. The zero-order valence-electron chi connectivity index (χ0n) is 18.0. The van der Waals surface area contributed by atoms with E-state index in [2.05, 4.69) is 17.4 Å². The number of hydrogen-bond acceptors (Lipinski definition) is 4. The Morgan fingerprint density at radius 1 is 1.10 bits per heavy atom. The van der Waals surface area contributed by atoms with Crippen molar-refractivity contribution < 1.29 is 17.9 Å². The minimum absolute atomic E-state index is 0.0578. The maximum Gasteiger partial charge on any atom is 0.232 e. The summed E-state index contributed by atoms with van der Waals surface area (Å²) in [7, 11) is -3.50. The van der Waals surface area contributed by atoms with Gasteiger partial charge in [0, 0.05) is 19.0 Å². The van der Waals surface area contributed by atoms with Crippen LogP contribution in [0, 0.1) is 0 Å². The summed E-state index contributed by atoms with van der Waals surface area (Å²) >= 11 is 0. The van der Waals surface area contributed by atoms with E-state index in [1.165, 1.54) is 16.1 Å². The molecule has 0 aliphatic carbocycles. The van der Waals surface area contributed by atoms with Crippen LogP contribution in [0.15, 0.2) is 54.6 Å². The molecule has 1 amide bonds. The number of para-hydroxylation sites is 2. The quantitative estimate of drug-likeness (QED) is 0.554. The maximum atomic E-state index is 12.3. The predicted octanol–water partition coefficient (Wildman–Crippen LogP) is 3.77. The number of amides is 1. The molecule has 2 aromatic carbocycles. The van der Waals surface area contributed by atoms with Gasteiger partial charge in [-0.2, -0.15) is 0 Å². The van der Waals surface area contributed by atoms with Crippen LogP contribution in [0.4, 0.5) is 5.69 Å². The van der Waals surface area contributed by atoms with Crippen LogP contribution in [0.1, 0.15) is 38.7 Å². The number of nitrogens with one attached hydrogen (secondary N) is 1. The Balaban J connectivity index is 1.87. The highest BCUT2D eigenvalue weighted by atomic mass is 32.2. The molecule has 0 unspecified atom stereocenters. The van der Waals surface area contributed by atoms with E-state index < -0.39 is 10.0 Å². The second-order valence-corrected chi connectivity index (χ2v) is 9.24. The van der Waals surface area contributed by atoms with Gasteiger partial charge in [0.1, 0.15) is 5.75 Å². The molecule has 0 bridgehead atoms. The number of carbonyl (C=O) groups excluding carboxylic acids is 1. The topological polar surface area (TPSA) is 75.7 Å². The molecule has 164 valence electrons. The Bertz CT molecular complexity index is 900. The van der Waals surface area contributed by atoms with Gasteiger partial charge >= 0.3 is 0 Å². The molecule has 1 N–H and O–H groups in total. The molecular weight excluding hydrogens is 400 g/mol. The van der Waals surface area contributed by atoms with Gasteiger partial charge in [0.15, 0.2) is 0 Å². The molecule has 2 aromatic rings. The first kappa shape index (κ1) is 23.7. The second kappa shape index (κ2) is 11.6. The number of anilines is 1. The van der Waals surface area contributed by atoms with Crippen molar-refractivity contribution in [3.05, 3.63) is 60.2 Å². The number of carbonyl (C=O) groups is 1. The molecule has 30 heavy (non-hydrogen) atoms. The van der Waals surface area contributed by atoms with Crippen LogP contribution in [0.25, 0.3) is 0 Å². The fraction of sp³-hybridized carbons (Fsp3) is 0.435. The highest BCUT2D eigenvalue weighted by molar-refractivity contribution is 7.92. The number of aryl methyl sites for hydroxylation is 1. The summed E-state index contributed by atoms with van der Waals surface area (Å²) in [6.07, 6.45) is 3.61. The molecular formula is C23H32N2O4S. The lowest BCUT2D eigenvalue weighted by Gasteiger charge is -2.24. The van der Waals surface area contributed by atoms with E-state index in [1.54, 1.807) is 24.3 Å². The molecule has 2 rings (SSSR count). The Labute approximate surface area is 180 Å². The van der Waals surface area contributed by atoms with Crippen LogP contribution in [0.2, 0.25) is 0 Å². The average molecular weight is 433 g/mol. The molecule has 0 fully saturated rings. The third-order valence-corrected chi connectivity index (χ3v) is 5.90. The fourth-order valence-corrected chi connectivity index (χ4v) is 4.20. The third kappa shape index (κ3) is 7.71. The molecule has 0 aromatic heterocycles. The van der Waals surface area contributed by atoms with Crippen molar-refractivity contribution in [2.75, 3.05) is 23.7 Å². The summed E-state index contributed by atoms with van der Waals surface area (Å²) in [5.41, 5.74) is 1.74. The largest absolute Gasteiger partial charge is 0.492 e. The SMILES string of the molecule is CCOc1ccccc1N(CCCC(=O)N[C@@H](C)CCc1ccccc1)S(C)(=O)=O. The van der Waals surface area contributed by atoms with Crippen molar-refractivity contribution in [3.63, 3.8) is 0 Å². The number of benzene rings is 2. The van der Waals surface area contributed by atoms with Crippen molar-refractivity contribution in [1.82, 2.24) is 5.32 Å². The number of ether oxygens (including phenoxy) is 1. The highest BCUT2D eigenvalue weighted by Crippen LogP contribution is 2.30. The molecule has 0 spiro atoms. The number of sulfonamides is 1. The zero-order valence-corrected chi connectivity index (χ0v) is 18.8. The molecule has 0 saturated heterocycles. The van der Waals surface area contributed by atoms with Gasteiger partial charge in [0.05, 0.1) is 18.6 Å². The Hall–Kier alpha value is -2.54. The van der Waals surface area contributed by atoms with Gasteiger partial charge in [-0.3, -0.25) is 9.10 Å². The smallest absolute Gasteiger partial charge is 0.232 e. The fourth-order valence-electron chi connectivity index (χ4n) is 3.24. The zero-order chi connectivity index (χ0) is 22.0. The van der Waals surface area contributed by atoms with Crippen molar-refractivity contribution in [2.24, 2.45) is 0 Å². The predicted molar refractivity (Wildman–Crippen MR) is 121 cm³/mol. The summed E-state index contributed by atoms with van der Waals surface area (Å²) < 4.78 is 31.5. The van der Waals surface area contributed by atoms with E-state index in [4.69, 9.17) is 4.74 Å². The van der Waals surface area contributed by atoms with Gasteiger partial charge < -0.3 is 10.1 Å². The minimum atomic E-state index is -3.50. The van der Waals surface area contributed by atoms with E-state index in [9.17, 15) is 13.2 Å². The van der Waals surface area contributed by atoms with Crippen LogP contribution in [0.3, 0.4) is 0 Å². The Kier molecular flexibility index (Phi) is 9.17. The Morgan fingerprint density at radius 3 is 2.43 bits per heavy atom. The van der Waals surface area contributed by atoms with Crippen molar-refractivity contribution in [3.8, 4) is 5.75 Å². The summed E-state index contributed by atoms with van der Waals surface area (Å²) in [5.74, 6) is 0.450. The monoisotopic (exact) mass is 432 g/mol. The first-order valence-electron chi connectivity index (χ1n) is 10.3. The van der Waals surface area contributed by atoms with E-state index in [0.29, 0.717) is 24.5 Å². The molecule has 6 nitrogen and oxygen atoms in total. The summed E-state index contributed by atoms with van der Waals surface area (Å²) in [6, 6.07) is 17.3. The Morgan fingerprint density at radius 2 is 1.77 bits per heavy atom. The molecule has 1 atom stereocenters. The van der Waals surface area contributed by atoms with Gasteiger partial charge in [-0.25, -0.2) is 8.42 Å². The van der Waals surface area contributed by atoms with Gasteiger partial charge in [-0.05, 0) is 50.8 Å². The van der Waals surface area contributed by atoms with Crippen LogP contribution in [-0.2, 0) is 21.2 Å². The highest BCUT2D eigenvalue weighted by Gasteiger charge is 2.21. The number of hydrogen-bond donors (Lipinski definition) is 1. The van der Waals surface area contributed by atoms with E-state index in [-0.39, 0.29) is 24.9 Å². The lowest BCUT2D eigenvalue weighted by Crippen LogP contribution is -2.35. The summed E-state index contributed by atoms with van der Waals surface area (Å²) in [6.45, 7) is 4.50. The van der Waals surface area contributed by atoms with Crippen LogP contribution in [-0.4, -0.2) is 39.8 Å². The average Bonchev–Trinajstić information content (AvgIpc) is 2.70. The minimum Gasteiger partial charge on any atom is -0.492 e. The standard InChI is InChI=1S/C23H32N2O4S/c1-4-29-22-14-9-8-13-21(22)25(30(3,27)28)18-10-15-23(26)24-19(2)16-17-20-11-6-5-7-12-20/h5-9,11-14,19H,4,10,15-18H2,1-3H3,(H,24,26)/t19-/m0/s1. The van der Waals surface area contributed by atoms with Crippen molar-refractivity contribution in [2.45, 2.75) is 45.6 Å². The van der Waals surface area contributed by atoms with Crippen LogP contribution >= 0.6 is 0 Å². The number of nitrogens with zero attached hydrogens (tertiary/aromatic N) is 1. The molecule has 7 heteroatoms. The first-order valence-corrected chi connectivity index (χ1v) is 12.2. The molecule has 0 heterocycles. The van der Waals surface area contributed by atoms with E-state index in [1.807, 2.05) is 32.0 Å². The van der Waals surface area contributed by atoms with Gasteiger partial charge in [0.2, 0.25) is 15.9 Å². The normalized spacial score (nSPS) is 12.2. The van der Waals surface area contributed by atoms with Crippen LogP contribution < -0.4 is 14.4 Å². The second-order valence-electron chi connectivity index (χ2n) is 7.33. The number of rotatable bonds is 12. The lowest BCUT2D eigenvalue weighted by atomic mass is 10.1. The van der Waals surface area contributed by atoms with Gasteiger partial charge in [0.25, 0.3) is 0 Å². The van der Waals surface area contributed by atoms with Crippen molar-refractivity contribution >= 4 is 21.6 Å². The lowest BCUT2D eigenvalue weighted by molar-refractivity contribution is -0.121. The van der Waals surface area contributed by atoms with E-state index >= 15 is 0 Å². The molecule has 0 aliphatic heterocycles.